The number of amides is 1. The highest BCUT2D eigenvalue weighted by Crippen LogP contribution is 2.26. The van der Waals surface area contributed by atoms with Crippen molar-refractivity contribution in [3.8, 4) is 10.6 Å². The van der Waals surface area contributed by atoms with E-state index in [0.29, 0.717) is 17.9 Å². The second-order valence-corrected chi connectivity index (χ2v) is 7.83. The molecular formula is C16H17BrN2O3S2. The van der Waals surface area contributed by atoms with Gasteiger partial charge in [0.05, 0.1) is 12.1 Å². The van der Waals surface area contributed by atoms with Gasteiger partial charge in [0.15, 0.2) is 0 Å². The number of benzene rings is 1. The molecule has 1 atom stereocenters. The minimum Gasteiger partial charge on any atom is -0.480 e. The molecule has 0 fully saturated rings. The summed E-state index contributed by atoms with van der Waals surface area (Å²) in [4.78, 5) is 27.7. The molecule has 0 aliphatic carbocycles. The molecule has 5 nitrogen and oxygen atoms in total. The lowest BCUT2D eigenvalue weighted by molar-refractivity contribution is -0.141. The zero-order valence-electron chi connectivity index (χ0n) is 13.0. The summed E-state index contributed by atoms with van der Waals surface area (Å²) in [7, 11) is 0. The van der Waals surface area contributed by atoms with Gasteiger partial charge in [-0.25, -0.2) is 9.78 Å². The summed E-state index contributed by atoms with van der Waals surface area (Å²) in [6.07, 6.45) is 2.38. The fourth-order valence-corrected chi connectivity index (χ4v) is 3.73. The molecule has 0 bridgehead atoms. The van der Waals surface area contributed by atoms with E-state index in [0.717, 1.165) is 15.0 Å². The number of hydrogen-bond acceptors (Lipinski definition) is 5. The van der Waals surface area contributed by atoms with Gasteiger partial charge in [-0.2, -0.15) is 11.8 Å². The minimum atomic E-state index is -1.01. The van der Waals surface area contributed by atoms with Crippen LogP contribution >= 0.6 is 39.0 Å². The summed E-state index contributed by atoms with van der Waals surface area (Å²) in [5, 5.41) is 14.4. The summed E-state index contributed by atoms with van der Waals surface area (Å²) in [6, 6.07) is 6.93. The number of aliphatic carboxylic acids is 1. The van der Waals surface area contributed by atoms with E-state index in [2.05, 4.69) is 26.2 Å². The second kappa shape index (κ2) is 9.19. The second-order valence-electron chi connectivity index (χ2n) is 5.07. The van der Waals surface area contributed by atoms with Crippen LogP contribution in [-0.2, 0) is 16.0 Å². The first-order chi connectivity index (χ1) is 11.5. The average Bonchev–Trinajstić information content (AvgIpc) is 2.99. The van der Waals surface area contributed by atoms with E-state index >= 15 is 0 Å². The van der Waals surface area contributed by atoms with Crippen molar-refractivity contribution in [2.45, 2.75) is 18.9 Å². The maximum absolute atomic E-state index is 12.1. The molecule has 2 rings (SSSR count). The Balaban J connectivity index is 1.98. The molecule has 0 saturated heterocycles. The molecule has 0 saturated carbocycles. The van der Waals surface area contributed by atoms with E-state index in [-0.39, 0.29) is 12.3 Å². The third-order valence-electron chi connectivity index (χ3n) is 3.21. The topological polar surface area (TPSA) is 79.3 Å². The third-order valence-corrected chi connectivity index (χ3v) is 5.29. The number of halogens is 1. The van der Waals surface area contributed by atoms with Crippen LogP contribution in [0.3, 0.4) is 0 Å². The Morgan fingerprint density at radius 3 is 2.92 bits per heavy atom. The normalized spacial score (nSPS) is 11.9. The van der Waals surface area contributed by atoms with E-state index in [1.165, 1.54) is 11.3 Å². The molecule has 2 aromatic rings. The summed E-state index contributed by atoms with van der Waals surface area (Å²) in [5.74, 6) is -0.652. The van der Waals surface area contributed by atoms with Crippen LogP contribution in [0.25, 0.3) is 10.6 Å². The van der Waals surface area contributed by atoms with Crippen molar-refractivity contribution in [1.82, 2.24) is 10.3 Å². The molecule has 128 valence electrons. The molecule has 1 heterocycles. The van der Waals surface area contributed by atoms with Crippen molar-refractivity contribution >= 4 is 50.9 Å². The highest BCUT2D eigenvalue weighted by atomic mass is 79.9. The van der Waals surface area contributed by atoms with Gasteiger partial charge >= 0.3 is 5.97 Å². The van der Waals surface area contributed by atoms with Gasteiger partial charge < -0.3 is 10.4 Å². The van der Waals surface area contributed by atoms with Crippen molar-refractivity contribution in [2.24, 2.45) is 0 Å². The maximum atomic E-state index is 12.1. The standard InChI is InChI=1S/C16H17BrN2O3S2/c1-23-6-5-13(16(21)22)19-14(20)8-12-9-24-15(18-12)10-3-2-4-11(17)7-10/h2-4,7,9,13H,5-6,8H2,1H3,(H,19,20)(H,21,22)/t13-/m1/s1. The number of aromatic nitrogens is 1. The number of carboxylic acids is 1. The molecule has 0 aliphatic heterocycles. The van der Waals surface area contributed by atoms with Crippen molar-refractivity contribution in [1.29, 1.82) is 0 Å². The highest BCUT2D eigenvalue weighted by Gasteiger charge is 2.20. The quantitative estimate of drug-likeness (QED) is 0.672. The highest BCUT2D eigenvalue weighted by molar-refractivity contribution is 9.10. The Hall–Kier alpha value is -1.38. The van der Waals surface area contributed by atoms with E-state index < -0.39 is 12.0 Å². The van der Waals surface area contributed by atoms with Gasteiger partial charge in [0.25, 0.3) is 0 Å². The molecule has 0 spiro atoms. The van der Waals surface area contributed by atoms with Crippen LogP contribution in [0.4, 0.5) is 0 Å². The number of thioether (sulfide) groups is 1. The SMILES string of the molecule is CSCC[C@@H](NC(=O)Cc1csc(-c2cccc(Br)c2)n1)C(=O)O. The number of carbonyl (C=O) groups excluding carboxylic acids is 1. The Labute approximate surface area is 157 Å². The minimum absolute atomic E-state index is 0.0769. The summed E-state index contributed by atoms with van der Waals surface area (Å²) >= 11 is 6.44. The van der Waals surface area contributed by atoms with E-state index in [1.807, 2.05) is 35.9 Å². The van der Waals surface area contributed by atoms with Gasteiger partial charge in [0, 0.05) is 15.4 Å². The predicted octanol–water partition coefficient (Wildman–Crippen LogP) is 3.44. The number of nitrogens with one attached hydrogen (secondary N) is 1. The van der Waals surface area contributed by atoms with Crippen LogP contribution in [0.15, 0.2) is 34.1 Å². The van der Waals surface area contributed by atoms with Gasteiger partial charge in [-0.1, -0.05) is 28.1 Å². The Morgan fingerprint density at radius 2 is 2.25 bits per heavy atom. The molecule has 0 aliphatic rings. The molecule has 2 N–H and O–H groups in total. The number of nitrogens with zero attached hydrogens (tertiary/aromatic N) is 1. The van der Waals surface area contributed by atoms with Crippen LogP contribution in [0.2, 0.25) is 0 Å². The number of carboxylic acid groups (broad SMARTS) is 1. The lowest BCUT2D eigenvalue weighted by Crippen LogP contribution is -2.41. The molecule has 24 heavy (non-hydrogen) atoms. The monoisotopic (exact) mass is 428 g/mol. The molecule has 0 radical (unpaired) electrons. The fraction of sp³-hybridized carbons (Fsp3) is 0.312. The van der Waals surface area contributed by atoms with Gasteiger partial charge in [0.1, 0.15) is 11.0 Å². The van der Waals surface area contributed by atoms with Crippen LogP contribution in [0.1, 0.15) is 12.1 Å². The zero-order chi connectivity index (χ0) is 17.5. The Kier molecular flexibility index (Phi) is 7.26. The van der Waals surface area contributed by atoms with Gasteiger partial charge in [-0.05, 0) is 30.6 Å². The first-order valence-corrected chi connectivity index (χ1v) is 10.3. The maximum Gasteiger partial charge on any atom is 0.326 e. The molecule has 8 heteroatoms. The fourth-order valence-electron chi connectivity index (χ4n) is 2.05. The van der Waals surface area contributed by atoms with Gasteiger partial charge in [-0.15, -0.1) is 11.3 Å². The van der Waals surface area contributed by atoms with Crippen molar-refractivity contribution < 1.29 is 14.7 Å². The molecule has 1 aromatic carbocycles. The van der Waals surface area contributed by atoms with Gasteiger partial charge in [0.2, 0.25) is 5.91 Å². The predicted molar refractivity (Wildman–Crippen MR) is 102 cm³/mol. The zero-order valence-corrected chi connectivity index (χ0v) is 16.2. The van der Waals surface area contributed by atoms with E-state index in [9.17, 15) is 9.59 Å². The third kappa shape index (κ3) is 5.61. The molecule has 1 aromatic heterocycles. The first kappa shape index (κ1) is 19.0. The summed E-state index contributed by atoms with van der Waals surface area (Å²) < 4.78 is 0.965. The molecule has 0 unspecified atom stereocenters. The van der Waals surface area contributed by atoms with Crippen LogP contribution in [0, 0.1) is 0 Å². The molecular weight excluding hydrogens is 412 g/mol. The lowest BCUT2D eigenvalue weighted by Gasteiger charge is -2.13. The van der Waals surface area contributed by atoms with E-state index in [4.69, 9.17) is 5.11 Å². The summed E-state index contributed by atoms with van der Waals surface area (Å²) in [5.41, 5.74) is 1.62. The number of thiazole rings is 1. The van der Waals surface area contributed by atoms with Crippen LogP contribution < -0.4 is 5.32 Å². The smallest absolute Gasteiger partial charge is 0.326 e. The van der Waals surface area contributed by atoms with Crippen LogP contribution in [0.5, 0.6) is 0 Å². The Bertz CT molecular complexity index is 721. The largest absolute Gasteiger partial charge is 0.480 e. The average molecular weight is 429 g/mol. The van der Waals surface area contributed by atoms with Crippen molar-refractivity contribution in [3.05, 3.63) is 39.8 Å². The van der Waals surface area contributed by atoms with Crippen LogP contribution in [-0.4, -0.2) is 40.0 Å². The van der Waals surface area contributed by atoms with E-state index in [1.54, 1.807) is 11.8 Å². The number of rotatable bonds is 8. The van der Waals surface area contributed by atoms with Gasteiger partial charge in [-0.3, -0.25) is 4.79 Å². The Morgan fingerprint density at radius 1 is 1.46 bits per heavy atom. The lowest BCUT2D eigenvalue weighted by atomic mass is 10.2. The van der Waals surface area contributed by atoms with Crippen molar-refractivity contribution in [3.63, 3.8) is 0 Å². The van der Waals surface area contributed by atoms with Crippen molar-refractivity contribution in [2.75, 3.05) is 12.0 Å². The molecule has 1 amide bonds. The first-order valence-electron chi connectivity index (χ1n) is 7.21. The summed E-state index contributed by atoms with van der Waals surface area (Å²) in [6.45, 7) is 0. The number of hydrogen-bond donors (Lipinski definition) is 2. The number of carbonyl (C=O) groups is 2.